The van der Waals surface area contributed by atoms with Gasteiger partial charge < -0.3 is 18.8 Å². The van der Waals surface area contributed by atoms with Crippen LogP contribution in [0.4, 0.5) is 28.4 Å². The minimum absolute atomic E-state index is 0.247. The van der Waals surface area contributed by atoms with E-state index in [2.05, 4.69) is 245 Å². The Hall–Kier alpha value is -8.34. The second-order valence-electron chi connectivity index (χ2n) is 16.5. The third kappa shape index (κ3) is 6.64. The number of furan rings is 1. The van der Waals surface area contributed by atoms with Gasteiger partial charge in [-0.1, -0.05) is 133 Å². The van der Waals surface area contributed by atoms with Crippen molar-refractivity contribution < 1.29 is 4.42 Å². The standard InChI is InChI=1S/C60H43N3O/c1-5-15-46(16-6-1)61(47-17-7-2-8-18-47)50-31-25-42(26-32-50)44-29-36-57-54(39-44)55-40-45(30-37-58(55)63(57)52-35-38-60-56(41-52)53-23-13-14-24-59(53)64-60)43-27-33-51(34-28-43)62(48-19-9-3-10-20-48)49-21-11-4-12-22-49/h1-21,23-41,49H,22H2. The van der Waals surface area contributed by atoms with Crippen molar-refractivity contribution in [3.8, 4) is 27.9 Å². The Morgan fingerprint density at radius 2 is 0.891 bits per heavy atom. The van der Waals surface area contributed by atoms with Crippen LogP contribution in [0.2, 0.25) is 0 Å². The SMILES string of the molecule is C1=CCC(N(c2ccccc2)c2ccc(-c3ccc4c(c3)c3cc(-c5ccc(N(c6ccccc6)c6ccccc6)cc5)ccc3n4-c3ccc4oc5ccccc5c4c3)cc2)C=C1. The van der Waals surface area contributed by atoms with E-state index in [4.69, 9.17) is 4.42 Å². The first kappa shape index (κ1) is 37.4. The Labute approximate surface area is 372 Å². The van der Waals surface area contributed by atoms with Crippen LogP contribution < -0.4 is 9.80 Å². The van der Waals surface area contributed by atoms with E-state index in [1.807, 2.05) is 12.1 Å². The van der Waals surface area contributed by atoms with Crippen LogP contribution in [0.3, 0.4) is 0 Å². The smallest absolute Gasteiger partial charge is 0.135 e. The fraction of sp³-hybridized carbons (Fsp3) is 0.0333. The summed E-state index contributed by atoms with van der Waals surface area (Å²) >= 11 is 0. The first-order chi connectivity index (χ1) is 31.7. The predicted molar refractivity (Wildman–Crippen MR) is 269 cm³/mol. The molecule has 4 nitrogen and oxygen atoms in total. The maximum atomic E-state index is 6.26. The average Bonchev–Trinajstić information content (AvgIpc) is 3.90. The average molecular weight is 822 g/mol. The van der Waals surface area contributed by atoms with Crippen molar-refractivity contribution in [2.75, 3.05) is 9.80 Å². The van der Waals surface area contributed by atoms with Gasteiger partial charge in [0, 0.05) is 55.7 Å². The molecule has 1 unspecified atom stereocenters. The van der Waals surface area contributed by atoms with Gasteiger partial charge in [-0.2, -0.15) is 0 Å². The minimum atomic E-state index is 0.247. The number of fused-ring (bicyclic) bond motifs is 6. The molecule has 9 aromatic carbocycles. The van der Waals surface area contributed by atoms with Crippen molar-refractivity contribution in [1.29, 1.82) is 0 Å². The van der Waals surface area contributed by atoms with E-state index in [1.54, 1.807) is 0 Å². The van der Waals surface area contributed by atoms with Gasteiger partial charge in [-0.3, -0.25) is 0 Å². The van der Waals surface area contributed by atoms with Crippen molar-refractivity contribution in [3.63, 3.8) is 0 Å². The van der Waals surface area contributed by atoms with E-state index in [1.165, 1.54) is 38.8 Å². The topological polar surface area (TPSA) is 24.6 Å². The number of allylic oxidation sites excluding steroid dienone is 2. The summed E-state index contributed by atoms with van der Waals surface area (Å²) in [6.07, 6.45) is 9.81. The van der Waals surface area contributed by atoms with Gasteiger partial charge in [0.05, 0.1) is 17.1 Å². The van der Waals surface area contributed by atoms with Crippen LogP contribution in [-0.4, -0.2) is 10.6 Å². The Morgan fingerprint density at radius 1 is 0.391 bits per heavy atom. The molecule has 0 fully saturated rings. The first-order valence-electron chi connectivity index (χ1n) is 22.0. The Balaban J connectivity index is 0.974. The molecule has 12 rings (SSSR count). The molecule has 2 aromatic heterocycles. The first-order valence-corrected chi connectivity index (χ1v) is 22.0. The summed E-state index contributed by atoms with van der Waals surface area (Å²) in [5, 5.41) is 4.64. The maximum Gasteiger partial charge on any atom is 0.135 e. The molecule has 0 bridgehead atoms. The monoisotopic (exact) mass is 821 g/mol. The summed E-state index contributed by atoms with van der Waals surface area (Å²) in [6, 6.07) is 78.9. The molecule has 1 aliphatic rings. The van der Waals surface area contributed by atoms with E-state index in [9.17, 15) is 0 Å². The number of rotatable bonds is 9. The van der Waals surface area contributed by atoms with Crippen LogP contribution in [0.1, 0.15) is 6.42 Å². The quantitative estimate of drug-likeness (QED) is 0.145. The van der Waals surface area contributed by atoms with Crippen molar-refractivity contribution >= 4 is 72.2 Å². The molecule has 0 aliphatic heterocycles. The lowest BCUT2D eigenvalue weighted by Crippen LogP contribution is -2.29. The van der Waals surface area contributed by atoms with E-state index >= 15 is 0 Å². The molecule has 1 aliphatic carbocycles. The number of hydrogen-bond acceptors (Lipinski definition) is 3. The van der Waals surface area contributed by atoms with Gasteiger partial charge in [0.1, 0.15) is 11.2 Å². The van der Waals surface area contributed by atoms with Crippen LogP contribution in [-0.2, 0) is 0 Å². The van der Waals surface area contributed by atoms with Crippen LogP contribution in [0, 0.1) is 0 Å². The zero-order valence-corrected chi connectivity index (χ0v) is 35.1. The molecule has 0 N–H and O–H groups in total. The molecule has 4 heteroatoms. The Morgan fingerprint density at radius 3 is 1.48 bits per heavy atom. The van der Waals surface area contributed by atoms with E-state index in [0.29, 0.717) is 0 Å². The summed E-state index contributed by atoms with van der Waals surface area (Å²) in [7, 11) is 0. The molecule has 0 spiro atoms. The molecule has 11 aromatic rings. The van der Waals surface area contributed by atoms with Gasteiger partial charge in [-0.15, -0.1) is 0 Å². The summed E-state index contributed by atoms with van der Waals surface area (Å²) in [5.74, 6) is 0. The molecule has 0 saturated heterocycles. The highest BCUT2D eigenvalue weighted by atomic mass is 16.3. The van der Waals surface area contributed by atoms with Crippen LogP contribution in [0.5, 0.6) is 0 Å². The highest BCUT2D eigenvalue weighted by molar-refractivity contribution is 6.12. The predicted octanol–water partition coefficient (Wildman–Crippen LogP) is 16.5. The van der Waals surface area contributed by atoms with Crippen LogP contribution in [0.25, 0.3) is 71.7 Å². The molecule has 1 atom stereocenters. The highest BCUT2D eigenvalue weighted by Crippen LogP contribution is 2.41. The van der Waals surface area contributed by atoms with Gasteiger partial charge in [0.2, 0.25) is 0 Å². The minimum Gasteiger partial charge on any atom is -0.456 e. The molecular weight excluding hydrogens is 779 g/mol. The summed E-state index contributed by atoms with van der Waals surface area (Å²) < 4.78 is 8.67. The largest absolute Gasteiger partial charge is 0.456 e. The van der Waals surface area contributed by atoms with Gasteiger partial charge in [-0.05, 0) is 138 Å². The lowest BCUT2D eigenvalue weighted by molar-refractivity contribution is 0.669. The fourth-order valence-corrected chi connectivity index (χ4v) is 9.61. The molecule has 2 heterocycles. The number of benzene rings is 9. The third-order valence-electron chi connectivity index (χ3n) is 12.7. The molecular formula is C60H43N3O. The van der Waals surface area contributed by atoms with Gasteiger partial charge in [-0.25, -0.2) is 0 Å². The van der Waals surface area contributed by atoms with Crippen molar-refractivity contribution in [3.05, 3.63) is 243 Å². The zero-order chi connectivity index (χ0) is 42.4. The molecule has 0 amide bonds. The lowest BCUT2D eigenvalue weighted by atomic mass is 9.99. The summed E-state index contributed by atoms with van der Waals surface area (Å²) in [6.45, 7) is 0. The van der Waals surface area contributed by atoms with E-state index in [-0.39, 0.29) is 6.04 Å². The van der Waals surface area contributed by atoms with Crippen molar-refractivity contribution in [1.82, 2.24) is 4.57 Å². The van der Waals surface area contributed by atoms with Crippen molar-refractivity contribution in [2.45, 2.75) is 12.5 Å². The lowest BCUT2D eigenvalue weighted by Gasteiger charge is -2.32. The number of anilines is 5. The zero-order valence-electron chi connectivity index (χ0n) is 35.1. The van der Waals surface area contributed by atoms with E-state index < -0.39 is 0 Å². The second kappa shape index (κ2) is 15.8. The number of nitrogens with zero attached hydrogens (tertiary/aromatic N) is 3. The Kier molecular flexibility index (Phi) is 9.27. The second-order valence-corrected chi connectivity index (χ2v) is 16.5. The van der Waals surface area contributed by atoms with Gasteiger partial charge in [0.15, 0.2) is 0 Å². The summed E-state index contributed by atoms with van der Waals surface area (Å²) in [4.78, 5) is 4.74. The van der Waals surface area contributed by atoms with Gasteiger partial charge >= 0.3 is 0 Å². The molecule has 0 saturated carbocycles. The van der Waals surface area contributed by atoms with Crippen LogP contribution >= 0.6 is 0 Å². The maximum absolute atomic E-state index is 6.26. The van der Waals surface area contributed by atoms with Gasteiger partial charge in [0.25, 0.3) is 0 Å². The number of hydrogen-bond donors (Lipinski definition) is 0. The van der Waals surface area contributed by atoms with E-state index in [0.717, 1.165) is 67.7 Å². The summed E-state index contributed by atoms with van der Waals surface area (Å²) in [5.41, 5.74) is 15.6. The third-order valence-corrected chi connectivity index (χ3v) is 12.7. The normalized spacial score (nSPS) is 13.6. The number of aromatic nitrogens is 1. The molecule has 64 heavy (non-hydrogen) atoms. The molecule has 304 valence electrons. The highest BCUT2D eigenvalue weighted by Gasteiger charge is 2.21. The molecule has 0 radical (unpaired) electrons. The fourth-order valence-electron chi connectivity index (χ4n) is 9.61. The van der Waals surface area contributed by atoms with Crippen molar-refractivity contribution in [2.24, 2.45) is 0 Å². The Bertz CT molecular complexity index is 3470. The number of para-hydroxylation sites is 4. The van der Waals surface area contributed by atoms with Crippen LogP contribution in [0.15, 0.2) is 247 Å².